The lowest BCUT2D eigenvalue weighted by Crippen LogP contribution is -2.68. The third kappa shape index (κ3) is 2.93. The van der Waals surface area contributed by atoms with Crippen LogP contribution in [-0.4, -0.2) is 103 Å². The molecule has 2 saturated heterocycles. The molecule has 21 heavy (non-hydrogen) atoms. The van der Waals surface area contributed by atoms with Crippen LogP contribution < -0.4 is 0 Å². The number of rotatable bonds is 2. The number of hydrogen-bond acceptors (Lipinski definition) is 9. The monoisotopic (exact) mass is 310 g/mol. The fourth-order valence-corrected chi connectivity index (χ4v) is 2.76. The molecule has 2 aliphatic heterocycles. The zero-order valence-electron chi connectivity index (χ0n) is 11.4. The van der Waals surface area contributed by atoms with E-state index in [1.54, 1.807) is 0 Å². The lowest BCUT2D eigenvalue weighted by atomic mass is 9.86. The molecule has 0 spiro atoms. The first-order chi connectivity index (χ1) is 9.79. The van der Waals surface area contributed by atoms with Crippen molar-refractivity contribution in [3.8, 4) is 0 Å². The molecule has 0 radical (unpaired) electrons. The van der Waals surface area contributed by atoms with Crippen molar-refractivity contribution in [1.82, 2.24) is 0 Å². The SMILES string of the molecule is C[C@H]1OC(C2O[C@H](CO)[C@@H](O)[C@H](O)[C@H]2O)[C@H](O)[C@@H](O)[C@H]1O. The molecule has 9 nitrogen and oxygen atoms in total. The van der Waals surface area contributed by atoms with E-state index in [1.165, 1.54) is 6.92 Å². The Morgan fingerprint density at radius 1 is 0.667 bits per heavy atom. The summed E-state index contributed by atoms with van der Waals surface area (Å²) < 4.78 is 10.6. The summed E-state index contributed by atoms with van der Waals surface area (Å²) in [5, 5.41) is 67.9. The second kappa shape index (κ2) is 6.41. The van der Waals surface area contributed by atoms with E-state index in [-0.39, 0.29) is 0 Å². The van der Waals surface area contributed by atoms with Crippen molar-refractivity contribution in [2.45, 2.75) is 68.0 Å². The quantitative estimate of drug-likeness (QED) is 0.268. The molecule has 2 fully saturated rings. The van der Waals surface area contributed by atoms with Crippen molar-refractivity contribution < 1.29 is 45.2 Å². The van der Waals surface area contributed by atoms with Crippen LogP contribution in [0.1, 0.15) is 6.92 Å². The highest BCUT2D eigenvalue weighted by Gasteiger charge is 2.53. The molecular weight excluding hydrogens is 288 g/mol. The normalized spacial score (nSPS) is 55.4. The Hall–Kier alpha value is -0.360. The first-order valence-electron chi connectivity index (χ1n) is 6.79. The van der Waals surface area contributed by atoms with Crippen LogP contribution in [0.2, 0.25) is 0 Å². The lowest BCUT2D eigenvalue weighted by molar-refractivity contribution is -0.297. The van der Waals surface area contributed by atoms with Gasteiger partial charge in [0.25, 0.3) is 0 Å². The van der Waals surface area contributed by atoms with E-state index in [4.69, 9.17) is 14.6 Å². The van der Waals surface area contributed by atoms with Crippen molar-refractivity contribution >= 4 is 0 Å². The summed E-state index contributed by atoms with van der Waals surface area (Å²) in [6.45, 7) is 0.863. The van der Waals surface area contributed by atoms with E-state index in [0.717, 1.165) is 0 Å². The Morgan fingerprint density at radius 3 is 1.67 bits per heavy atom. The molecule has 2 aliphatic rings. The fraction of sp³-hybridized carbons (Fsp3) is 1.00. The standard InChI is InChI=1S/C12H22O9/c1-3-5(14)7(16)9(18)11(20-3)12-10(19)8(17)6(15)4(2-13)21-12/h3-19H,2H2,1H3/t3-,4-,5+,6-,7+,8+,9-,10-,11?,12?/m1/s1. The summed E-state index contributed by atoms with van der Waals surface area (Å²) >= 11 is 0. The summed E-state index contributed by atoms with van der Waals surface area (Å²) in [5.41, 5.74) is 0. The molecule has 7 N–H and O–H groups in total. The van der Waals surface area contributed by atoms with Crippen LogP contribution in [0, 0.1) is 0 Å². The van der Waals surface area contributed by atoms with Crippen LogP contribution in [0.4, 0.5) is 0 Å². The number of hydrogen-bond donors (Lipinski definition) is 7. The van der Waals surface area contributed by atoms with Gasteiger partial charge in [0.05, 0.1) is 12.7 Å². The zero-order chi connectivity index (χ0) is 15.9. The maximum Gasteiger partial charge on any atom is 0.115 e. The Bertz CT molecular complexity index is 352. The highest BCUT2D eigenvalue weighted by Crippen LogP contribution is 2.31. The van der Waals surface area contributed by atoms with Crippen LogP contribution in [0.25, 0.3) is 0 Å². The molecular formula is C12H22O9. The van der Waals surface area contributed by atoms with Gasteiger partial charge < -0.3 is 45.2 Å². The van der Waals surface area contributed by atoms with E-state index in [0.29, 0.717) is 0 Å². The molecule has 0 amide bonds. The first kappa shape index (κ1) is 17.0. The van der Waals surface area contributed by atoms with Gasteiger partial charge in [-0.1, -0.05) is 0 Å². The molecule has 0 bridgehead atoms. The predicted octanol–water partition coefficient (Wildman–Crippen LogP) is -4.30. The van der Waals surface area contributed by atoms with Crippen molar-refractivity contribution in [3.05, 3.63) is 0 Å². The number of aliphatic hydroxyl groups is 7. The van der Waals surface area contributed by atoms with Gasteiger partial charge in [-0.15, -0.1) is 0 Å². The minimum atomic E-state index is -1.60. The van der Waals surface area contributed by atoms with Crippen LogP contribution in [0.3, 0.4) is 0 Å². The summed E-state index contributed by atoms with van der Waals surface area (Å²) in [7, 11) is 0. The molecule has 0 aromatic carbocycles. The average molecular weight is 310 g/mol. The summed E-state index contributed by atoms with van der Waals surface area (Å²) in [4.78, 5) is 0. The lowest BCUT2D eigenvalue weighted by Gasteiger charge is -2.48. The Labute approximate surface area is 121 Å². The average Bonchev–Trinajstić information content (AvgIpc) is 2.47. The highest BCUT2D eigenvalue weighted by atomic mass is 16.6. The van der Waals surface area contributed by atoms with Crippen LogP contribution >= 0.6 is 0 Å². The topological polar surface area (TPSA) is 160 Å². The molecule has 2 unspecified atom stereocenters. The molecule has 9 heteroatoms. The van der Waals surface area contributed by atoms with Gasteiger partial charge in [-0.05, 0) is 6.92 Å². The molecule has 124 valence electrons. The van der Waals surface area contributed by atoms with Crippen molar-refractivity contribution in [2.75, 3.05) is 6.61 Å². The van der Waals surface area contributed by atoms with Gasteiger partial charge in [-0.2, -0.15) is 0 Å². The minimum absolute atomic E-state index is 0.606. The van der Waals surface area contributed by atoms with Crippen molar-refractivity contribution in [2.24, 2.45) is 0 Å². The second-order valence-electron chi connectivity index (χ2n) is 5.57. The van der Waals surface area contributed by atoms with E-state index >= 15 is 0 Å². The van der Waals surface area contributed by atoms with Crippen molar-refractivity contribution in [3.63, 3.8) is 0 Å². The zero-order valence-corrected chi connectivity index (χ0v) is 11.4. The largest absolute Gasteiger partial charge is 0.394 e. The van der Waals surface area contributed by atoms with Crippen molar-refractivity contribution in [1.29, 1.82) is 0 Å². The van der Waals surface area contributed by atoms with E-state index in [9.17, 15) is 30.6 Å². The molecule has 2 heterocycles. The third-order valence-electron chi connectivity index (χ3n) is 4.14. The predicted molar refractivity (Wildman–Crippen MR) is 66.1 cm³/mol. The van der Waals surface area contributed by atoms with Gasteiger partial charge in [0.1, 0.15) is 54.9 Å². The van der Waals surface area contributed by atoms with E-state index in [2.05, 4.69) is 0 Å². The molecule has 0 saturated carbocycles. The summed E-state index contributed by atoms with van der Waals surface area (Å²) in [5.74, 6) is 0. The van der Waals surface area contributed by atoms with Crippen LogP contribution in [-0.2, 0) is 9.47 Å². The number of ether oxygens (including phenoxy) is 2. The first-order valence-corrected chi connectivity index (χ1v) is 6.79. The van der Waals surface area contributed by atoms with Crippen LogP contribution in [0.5, 0.6) is 0 Å². The van der Waals surface area contributed by atoms with E-state index < -0.39 is 67.6 Å². The third-order valence-corrected chi connectivity index (χ3v) is 4.14. The van der Waals surface area contributed by atoms with Gasteiger partial charge in [-0.25, -0.2) is 0 Å². The maximum atomic E-state index is 9.98. The summed E-state index contributed by atoms with van der Waals surface area (Å²) in [6, 6.07) is 0. The van der Waals surface area contributed by atoms with Gasteiger partial charge in [0, 0.05) is 0 Å². The smallest absolute Gasteiger partial charge is 0.115 e. The number of aliphatic hydroxyl groups excluding tert-OH is 7. The highest BCUT2D eigenvalue weighted by molar-refractivity contribution is 5.01. The molecule has 0 aromatic rings. The molecule has 2 rings (SSSR count). The Balaban J connectivity index is 2.19. The van der Waals surface area contributed by atoms with Crippen LogP contribution in [0.15, 0.2) is 0 Å². The van der Waals surface area contributed by atoms with Gasteiger partial charge in [0.2, 0.25) is 0 Å². The molecule has 10 atom stereocenters. The van der Waals surface area contributed by atoms with E-state index in [1.807, 2.05) is 0 Å². The molecule has 0 aliphatic carbocycles. The molecule has 0 aromatic heterocycles. The Morgan fingerprint density at radius 2 is 1.14 bits per heavy atom. The second-order valence-corrected chi connectivity index (χ2v) is 5.57. The van der Waals surface area contributed by atoms with Gasteiger partial charge in [-0.3, -0.25) is 0 Å². The van der Waals surface area contributed by atoms with Gasteiger partial charge >= 0.3 is 0 Å². The minimum Gasteiger partial charge on any atom is -0.394 e. The summed E-state index contributed by atoms with van der Waals surface area (Å²) in [6.07, 6.45) is -13.6. The Kier molecular flexibility index (Phi) is 5.19. The van der Waals surface area contributed by atoms with Gasteiger partial charge in [0.15, 0.2) is 0 Å². The maximum absolute atomic E-state index is 9.98. The fourth-order valence-electron chi connectivity index (χ4n) is 2.76.